The van der Waals surface area contributed by atoms with Gasteiger partial charge in [-0.25, -0.2) is 0 Å². The van der Waals surface area contributed by atoms with Crippen LogP contribution in [-0.2, 0) is 16.1 Å². The fraction of sp³-hybridized carbons (Fsp3) is 0.478. The Bertz CT molecular complexity index is 1070. The second-order valence-electron chi connectivity index (χ2n) is 8.84. The van der Waals surface area contributed by atoms with Gasteiger partial charge >= 0.3 is 0 Å². The maximum Gasteiger partial charge on any atom is 0.269 e. The van der Waals surface area contributed by atoms with Gasteiger partial charge < -0.3 is 4.90 Å². The summed E-state index contributed by atoms with van der Waals surface area (Å²) in [6.45, 7) is 13.2. The summed E-state index contributed by atoms with van der Waals surface area (Å²) in [4.78, 5) is 44.7. The van der Waals surface area contributed by atoms with Crippen LogP contribution in [-0.4, -0.2) is 38.2 Å². The lowest BCUT2D eigenvalue weighted by Crippen LogP contribution is -2.46. The maximum atomic E-state index is 13.1. The first kappa shape index (κ1) is 23.7. The van der Waals surface area contributed by atoms with Gasteiger partial charge in [-0.05, 0) is 45.9 Å². The Morgan fingerprint density at radius 3 is 2.30 bits per heavy atom. The molecule has 0 unspecified atom stereocenters. The van der Waals surface area contributed by atoms with E-state index in [1.165, 1.54) is 22.0 Å². The number of nitrogens with zero attached hydrogens (tertiary/aromatic N) is 3. The van der Waals surface area contributed by atoms with Crippen molar-refractivity contribution in [3.05, 3.63) is 49.6 Å². The summed E-state index contributed by atoms with van der Waals surface area (Å²) in [5.74, 6) is -0.249. The van der Waals surface area contributed by atoms with E-state index in [0.29, 0.717) is 14.9 Å². The number of aromatic nitrogens is 2. The normalized spacial score (nSPS) is 13.4. The van der Waals surface area contributed by atoms with Crippen molar-refractivity contribution in [2.24, 2.45) is 5.41 Å². The van der Waals surface area contributed by atoms with Gasteiger partial charge in [0, 0.05) is 29.8 Å². The van der Waals surface area contributed by atoms with Crippen molar-refractivity contribution < 1.29 is 9.59 Å². The Morgan fingerprint density at radius 2 is 1.80 bits per heavy atom. The first-order chi connectivity index (χ1) is 13.9. The van der Waals surface area contributed by atoms with Crippen molar-refractivity contribution in [1.82, 2.24) is 14.5 Å². The minimum Gasteiger partial charge on any atom is -0.336 e. The lowest BCUT2D eigenvalue weighted by Gasteiger charge is -2.30. The minimum absolute atomic E-state index is 0.00928. The maximum absolute atomic E-state index is 13.1. The van der Waals surface area contributed by atoms with Crippen LogP contribution in [0.3, 0.4) is 0 Å². The van der Waals surface area contributed by atoms with Gasteiger partial charge in [0.05, 0.1) is 10.2 Å². The molecule has 0 aliphatic heterocycles. The largest absolute Gasteiger partial charge is 0.336 e. The number of carbonyl (C=O) groups is 2. The molecule has 0 atom stereocenters. The van der Waals surface area contributed by atoms with Crippen molar-refractivity contribution in [3.63, 3.8) is 0 Å². The van der Waals surface area contributed by atoms with Crippen molar-refractivity contribution in [1.29, 1.82) is 0 Å². The number of pyridine rings is 1. The third kappa shape index (κ3) is 5.75. The predicted molar refractivity (Wildman–Crippen MR) is 122 cm³/mol. The van der Waals surface area contributed by atoms with Crippen LogP contribution in [0.5, 0.6) is 0 Å². The number of rotatable bonds is 6. The molecule has 0 bridgehead atoms. The molecule has 6 nitrogen and oxygen atoms in total. The topological polar surface area (TPSA) is 72.3 Å². The molecule has 2 aromatic heterocycles. The van der Waals surface area contributed by atoms with E-state index in [0.717, 1.165) is 0 Å². The SMILES string of the molecule is CC(C)N(C(=O)Cn1c(=O)c(=Cc2ccccn2)s/c1=C\C(=O)C(C)(C)C)C(C)C. The van der Waals surface area contributed by atoms with Crippen LogP contribution in [0.25, 0.3) is 12.2 Å². The van der Waals surface area contributed by atoms with Crippen LogP contribution in [0.4, 0.5) is 0 Å². The first-order valence-electron chi connectivity index (χ1n) is 10.1. The molecule has 0 N–H and O–H groups in total. The molecule has 2 rings (SSSR count). The average molecular weight is 430 g/mol. The first-order valence-corrected chi connectivity index (χ1v) is 10.9. The Balaban J connectivity index is 2.64. The molecule has 7 heteroatoms. The second kappa shape index (κ2) is 9.51. The van der Waals surface area contributed by atoms with Gasteiger partial charge in [0.15, 0.2) is 5.78 Å². The van der Waals surface area contributed by atoms with Crippen LogP contribution in [0, 0.1) is 5.41 Å². The molecule has 0 aliphatic carbocycles. The zero-order valence-corrected chi connectivity index (χ0v) is 19.6. The molecule has 162 valence electrons. The zero-order valence-electron chi connectivity index (χ0n) is 18.8. The zero-order chi connectivity index (χ0) is 22.6. The molecular weight excluding hydrogens is 398 g/mol. The fourth-order valence-electron chi connectivity index (χ4n) is 3.11. The molecular formula is C23H31N3O3S. The van der Waals surface area contributed by atoms with Gasteiger partial charge in [-0.3, -0.25) is 23.9 Å². The van der Waals surface area contributed by atoms with Crippen molar-refractivity contribution in [2.45, 2.75) is 67.1 Å². The van der Waals surface area contributed by atoms with Crippen molar-refractivity contribution in [3.8, 4) is 0 Å². The standard InChI is InChI=1S/C23H31N3O3S/c1-15(2)26(16(3)4)20(28)14-25-21(13-19(27)23(5,6)7)30-18(22(25)29)12-17-10-8-9-11-24-17/h8-13,15-16H,14H2,1-7H3/b18-12?,21-13-. The number of hydrogen-bond acceptors (Lipinski definition) is 5. The van der Waals surface area contributed by atoms with E-state index in [9.17, 15) is 14.4 Å². The summed E-state index contributed by atoms with van der Waals surface area (Å²) in [5.41, 5.74) is -0.227. The van der Waals surface area contributed by atoms with Crippen LogP contribution in [0.15, 0.2) is 29.2 Å². The molecule has 0 aliphatic rings. The summed E-state index contributed by atoms with van der Waals surface area (Å²) < 4.78 is 2.32. The number of Topliss-reactive ketones (excluding diaryl/α,β-unsaturated/α-hetero) is 1. The van der Waals surface area contributed by atoms with Crippen molar-refractivity contribution >= 4 is 35.2 Å². The van der Waals surface area contributed by atoms with E-state index >= 15 is 0 Å². The Labute approximate surface area is 181 Å². The lowest BCUT2D eigenvalue weighted by atomic mass is 9.91. The predicted octanol–water partition coefficient (Wildman–Crippen LogP) is 2.17. The number of thiazole rings is 1. The van der Waals surface area contributed by atoms with E-state index in [1.54, 1.807) is 29.3 Å². The summed E-state index contributed by atoms with van der Waals surface area (Å²) in [7, 11) is 0. The summed E-state index contributed by atoms with van der Waals surface area (Å²) in [6.07, 6.45) is 4.82. The highest BCUT2D eigenvalue weighted by Gasteiger charge is 2.23. The van der Waals surface area contributed by atoms with Gasteiger partial charge in [0.2, 0.25) is 5.91 Å². The molecule has 0 spiro atoms. The van der Waals surface area contributed by atoms with E-state index in [-0.39, 0.29) is 35.9 Å². The van der Waals surface area contributed by atoms with Crippen LogP contribution in [0.2, 0.25) is 0 Å². The smallest absolute Gasteiger partial charge is 0.269 e. The molecule has 0 aromatic carbocycles. The van der Waals surface area contributed by atoms with E-state index < -0.39 is 5.41 Å². The van der Waals surface area contributed by atoms with Crippen molar-refractivity contribution in [2.75, 3.05) is 0 Å². The van der Waals surface area contributed by atoms with E-state index in [4.69, 9.17) is 0 Å². The molecule has 0 saturated carbocycles. The highest BCUT2D eigenvalue weighted by atomic mass is 32.1. The van der Waals surface area contributed by atoms with E-state index in [1.807, 2.05) is 54.5 Å². The summed E-state index contributed by atoms with van der Waals surface area (Å²) in [6, 6.07) is 5.46. The molecule has 1 amide bonds. The minimum atomic E-state index is -0.582. The van der Waals surface area contributed by atoms with Gasteiger partial charge in [-0.2, -0.15) is 0 Å². The quantitative estimate of drug-likeness (QED) is 0.706. The fourth-order valence-corrected chi connectivity index (χ4v) is 4.13. The number of ketones is 1. The van der Waals surface area contributed by atoms with E-state index in [2.05, 4.69) is 4.98 Å². The Kier molecular flexibility index (Phi) is 7.53. The summed E-state index contributed by atoms with van der Waals surface area (Å²) in [5, 5.41) is 0. The third-order valence-electron chi connectivity index (χ3n) is 4.59. The second-order valence-corrected chi connectivity index (χ2v) is 9.90. The molecule has 0 fully saturated rings. The van der Waals surface area contributed by atoms with Gasteiger partial charge in [-0.1, -0.05) is 26.8 Å². The van der Waals surface area contributed by atoms with Gasteiger partial charge in [0.1, 0.15) is 11.2 Å². The van der Waals surface area contributed by atoms with Crippen LogP contribution >= 0.6 is 11.3 Å². The molecule has 0 radical (unpaired) electrons. The monoisotopic (exact) mass is 429 g/mol. The Hall–Kier alpha value is -2.54. The lowest BCUT2D eigenvalue weighted by molar-refractivity contribution is -0.135. The molecule has 30 heavy (non-hydrogen) atoms. The van der Waals surface area contributed by atoms with Crippen LogP contribution < -0.4 is 14.8 Å². The molecule has 2 aromatic rings. The highest BCUT2D eigenvalue weighted by Crippen LogP contribution is 2.15. The average Bonchev–Trinajstić information content (AvgIpc) is 2.90. The number of amides is 1. The number of hydrogen-bond donors (Lipinski definition) is 0. The highest BCUT2D eigenvalue weighted by molar-refractivity contribution is 7.07. The molecule has 0 saturated heterocycles. The molecule has 2 heterocycles. The summed E-state index contributed by atoms with van der Waals surface area (Å²) >= 11 is 1.20. The van der Waals surface area contributed by atoms with Crippen LogP contribution in [0.1, 0.15) is 54.2 Å². The number of carbonyl (C=O) groups excluding carboxylic acids is 2. The Morgan fingerprint density at radius 1 is 1.17 bits per heavy atom. The van der Waals surface area contributed by atoms with Gasteiger partial charge in [0.25, 0.3) is 5.56 Å². The third-order valence-corrected chi connectivity index (χ3v) is 5.65. The van der Waals surface area contributed by atoms with Gasteiger partial charge in [-0.15, -0.1) is 11.3 Å².